The fraction of sp³-hybridized carbons (Fsp3) is 0.588. The van der Waals surface area contributed by atoms with E-state index in [0.717, 1.165) is 17.8 Å². The predicted molar refractivity (Wildman–Crippen MR) is 105 cm³/mol. The highest BCUT2D eigenvalue weighted by Gasteiger charge is 2.45. The van der Waals surface area contributed by atoms with Crippen LogP contribution in [-0.2, 0) is 19.6 Å². The molecule has 2 N–H and O–H groups in total. The zero-order valence-corrected chi connectivity index (χ0v) is 17.7. The summed E-state index contributed by atoms with van der Waals surface area (Å²) in [7, 11) is -1.08. The molecule has 1 amide bonds. The van der Waals surface area contributed by atoms with E-state index in [1.54, 1.807) is 12.4 Å². The lowest BCUT2D eigenvalue weighted by molar-refractivity contribution is -0.129. The van der Waals surface area contributed by atoms with Gasteiger partial charge in [-0.2, -0.15) is 4.31 Å². The summed E-state index contributed by atoms with van der Waals surface area (Å²) in [5.74, 6) is -0.829. The molecule has 9 nitrogen and oxygen atoms in total. The van der Waals surface area contributed by atoms with Crippen molar-refractivity contribution in [1.29, 1.82) is 0 Å². The molecule has 0 radical (unpaired) electrons. The largest absolute Gasteiger partial charge is 0.465 e. The van der Waals surface area contributed by atoms with Gasteiger partial charge in [-0.25, -0.2) is 18.2 Å². The maximum atomic E-state index is 13.2. The van der Waals surface area contributed by atoms with Crippen molar-refractivity contribution in [2.24, 2.45) is 16.6 Å². The van der Waals surface area contributed by atoms with E-state index in [2.05, 4.69) is 4.99 Å². The Morgan fingerprint density at radius 1 is 1.46 bits per heavy atom. The normalized spacial score (nSPS) is 26.8. The Morgan fingerprint density at radius 2 is 2.18 bits per heavy atom. The number of nitrogens with zero attached hydrogens (tertiary/aromatic N) is 3. The number of nitrogens with two attached hydrogens (primary N) is 1. The zero-order chi connectivity index (χ0) is 20.7. The number of carbonyl (C=O) groups excluding carboxylic acids is 2. The lowest BCUT2D eigenvalue weighted by atomic mass is 9.78. The Bertz CT molecular complexity index is 926. The van der Waals surface area contributed by atoms with Crippen LogP contribution in [0.4, 0.5) is 0 Å². The first-order valence-electron chi connectivity index (χ1n) is 8.88. The Morgan fingerprint density at radius 3 is 2.82 bits per heavy atom. The number of hydrogen-bond donors (Lipinski definition) is 1. The molecule has 3 rings (SSSR count). The van der Waals surface area contributed by atoms with Gasteiger partial charge in [0.05, 0.1) is 19.1 Å². The first kappa shape index (κ1) is 20.7. The van der Waals surface area contributed by atoms with Crippen LogP contribution in [0.15, 0.2) is 21.3 Å². The van der Waals surface area contributed by atoms with E-state index in [4.69, 9.17) is 10.5 Å². The van der Waals surface area contributed by atoms with Gasteiger partial charge >= 0.3 is 5.97 Å². The molecule has 0 aromatic carbocycles. The van der Waals surface area contributed by atoms with Gasteiger partial charge in [0.25, 0.3) is 0 Å². The summed E-state index contributed by atoms with van der Waals surface area (Å²) in [6.07, 6.45) is 1.55. The van der Waals surface area contributed by atoms with Gasteiger partial charge in [0.1, 0.15) is 9.77 Å². The first-order chi connectivity index (χ1) is 13.1. The van der Waals surface area contributed by atoms with Crippen molar-refractivity contribution in [3.05, 3.63) is 16.3 Å². The summed E-state index contributed by atoms with van der Waals surface area (Å²) in [5.41, 5.74) is 5.13. The Balaban J connectivity index is 1.89. The molecular formula is C17H24N4O5S2. The predicted octanol–water partition coefficient (Wildman–Crippen LogP) is 0.871. The summed E-state index contributed by atoms with van der Waals surface area (Å²) < 4.78 is 32.5. The Labute approximate surface area is 168 Å². The van der Waals surface area contributed by atoms with Crippen LogP contribution >= 0.6 is 11.3 Å². The number of guanidine groups is 1. The van der Waals surface area contributed by atoms with E-state index in [-0.39, 0.29) is 40.5 Å². The van der Waals surface area contributed by atoms with Crippen LogP contribution in [0.2, 0.25) is 0 Å². The number of carbonyl (C=O) groups is 2. The number of esters is 1. The first-order valence-corrected chi connectivity index (χ1v) is 11.2. The van der Waals surface area contributed by atoms with Gasteiger partial charge in [-0.15, -0.1) is 11.3 Å². The summed E-state index contributed by atoms with van der Waals surface area (Å²) in [6.45, 7) is 2.40. The third kappa shape index (κ3) is 3.53. The number of ether oxygens (including phenoxy) is 1. The number of amides is 1. The number of methoxy groups -OCH3 is 1. The van der Waals surface area contributed by atoms with Crippen molar-refractivity contribution in [3.8, 4) is 0 Å². The number of sulfonamides is 1. The highest BCUT2D eigenvalue weighted by Crippen LogP contribution is 2.37. The molecule has 2 aliphatic heterocycles. The van der Waals surface area contributed by atoms with Crippen LogP contribution in [0.5, 0.6) is 0 Å². The topological polar surface area (TPSA) is 122 Å². The molecule has 11 heteroatoms. The number of hydrogen-bond acceptors (Lipinski definition) is 8. The van der Waals surface area contributed by atoms with Crippen LogP contribution in [0.25, 0.3) is 0 Å². The average Bonchev–Trinajstić information content (AvgIpc) is 3.16. The molecule has 2 aliphatic rings. The summed E-state index contributed by atoms with van der Waals surface area (Å²) in [6, 6.07) is 1.42. The fourth-order valence-corrected chi connectivity index (χ4v) is 6.55. The number of aliphatic imine (C=N–C) groups is 1. The minimum Gasteiger partial charge on any atom is -0.465 e. The van der Waals surface area contributed by atoms with Gasteiger partial charge in [0.15, 0.2) is 5.96 Å². The summed E-state index contributed by atoms with van der Waals surface area (Å²) >= 11 is 1.03. The molecule has 1 unspecified atom stereocenters. The van der Waals surface area contributed by atoms with Crippen LogP contribution in [-0.4, -0.2) is 68.2 Å². The van der Waals surface area contributed by atoms with E-state index < -0.39 is 21.5 Å². The van der Waals surface area contributed by atoms with E-state index in [1.807, 2.05) is 6.92 Å². The van der Waals surface area contributed by atoms with Crippen molar-refractivity contribution in [3.63, 3.8) is 0 Å². The zero-order valence-electron chi connectivity index (χ0n) is 16.0. The fourth-order valence-electron chi connectivity index (χ4n) is 3.71. The Hall–Kier alpha value is -1.98. The highest BCUT2D eigenvalue weighted by molar-refractivity contribution is 7.89. The van der Waals surface area contributed by atoms with Crippen LogP contribution < -0.4 is 5.73 Å². The molecular weight excluding hydrogens is 404 g/mol. The molecule has 1 fully saturated rings. The lowest BCUT2D eigenvalue weighted by Gasteiger charge is -2.43. The number of piperidine rings is 1. The molecule has 0 spiro atoms. The van der Waals surface area contributed by atoms with Gasteiger partial charge in [-0.1, -0.05) is 0 Å². The molecule has 0 saturated carbocycles. The number of rotatable bonds is 4. The van der Waals surface area contributed by atoms with Gasteiger partial charge in [-0.05, 0) is 37.1 Å². The van der Waals surface area contributed by atoms with E-state index >= 15 is 0 Å². The third-order valence-corrected chi connectivity index (χ3v) is 8.41. The highest BCUT2D eigenvalue weighted by atomic mass is 32.2. The average molecular weight is 429 g/mol. The van der Waals surface area contributed by atoms with E-state index in [1.165, 1.54) is 22.4 Å². The molecule has 0 bridgehead atoms. The molecule has 1 aromatic rings. The Kier molecular flexibility index (Phi) is 5.52. The minimum atomic E-state index is -3.87. The SMILES string of the molecule is COC(=O)c1sccc1S(=O)(=O)N1CCCC([C@]2(C)CC(=O)N(C)C(N)=N2)C1. The van der Waals surface area contributed by atoms with E-state index in [0.29, 0.717) is 13.0 Å². The van der Waals surface area contributed by atoms with Crippen molar-refractivity contribution >= 4 is 39.2 Å². The quantitative estimate of drug-likeness (QED) is 0.710. The smallest absolute Gasteiger partial charge is 0.349 e. The second-order valence-electron chi connectivity index (χ2n) is 7.26. The van der Waals surface area contributed by atoms with Gasteiger partial charge in [-0.3, -0.25) is 9.69 Å². The van der Waals surface area contributed by atoms with E-state index in [9.17, 15) is 18.0 Å². The van der Waals surface area contributed by atoms with Crippen molar-refractivity contribution in [1.82, 2.24) is 9.21 Å². The second kappa shape index (κ2) is 7.45. The van der Waals surface area contributed by atoms with Gasteiger partial charge in [0, 0.05) is 20.1 Å². The molecule has 3 heterocycles. The monoisotopic (exact) mass is 428 g/mol. The van der Waals surface area contributed by atoms with Crippen LogP contribution in [0.3, 0.4) is 0 Å². The molecule has 2 atom stereocenters. The van der Waals surface area contributed by atoms with Crippen molar-refractivity contribution in [2.45, 2.75) is 36.6 Å². The molecule has 1 saturated heterocycles. The van der Waals surface area contributed by atoms with Gasteiger partial charge in [0.2, 0.25) is 15.9 Å². The van der Waals surface area contributed by atoms with Crippen molar-refractivity contribution in [2.75, 3.05) is 27.2 Å². The van der Waals surface area contributed by atoms with Gasteiger partial charge < -0.3 is 10.5 Å². The minimum absolute atomic E-state index is 0.0439. The number of thiophene rings is 1. The van der Waals surface area contributed by atoms with Crippen molar-refractivity contribution < 1.29 is 22.7 Å². The summed E-state index contributed by atoms with van der Waals surface area (Å²) in [4.78, 5) is 30.0. The third-order valence-electron chi connectivity index (χ3n) is 5.48. The molecule has 0 aliphatic carbocycles. The molecule has 1 aromatic heterocycles. The summed E-state index contributed by atoms with van der Waals surface area (Å²) in [5, 5.41) is 1.56. The second-order valence-corrected chi connectivity index (χ2v) is 10.1. The maximum Gasteiger partial charge on any atom is 0.349 e. The van der Waals surface area contributed by atoms with Crippen LogP contribution in [0, 0.1) is 5.92 Å². The van der Waals surface area contributed by atoms with Crippen LogP contribution in [0.1, 0.15) is 35.9 Å². The molecule has 154 valence electrons. The molecule has 28 heavy (non-hydrogen) atoms. The lowest BCUT2D eigenvalue weighted by Crippen LogP contribution is -2.54. The standard InChI is InChI=1S/C17H24N4O5S2/c1-17(9-13(22)20(2)16(18)19-17)11-5-4-7-21(10-11)28(24,25)12-6-8-27-14(12)15(23)26-3/h6,8,11H,4-5,7,9-10H2,1-3H3,(H2,18,19)/t11?,17-/m0/s1. The maximum absolute atomic E-state index is 13.2.